The molecule has 1 aromatic carbocycles. The Balaban J connectivity index is 1.98. The maximum Gasteiger partial charge on any atom is 0.287 e. The van der Waals surface area contributed by atoms with E-state index in [0.29, 0.717) is 29.6 Å². The van der Waals surface area contributed by atoms with Crippen molar-refractivity contribution < 1.29 is 17.6 Å². The molecule has 2 heterocycles. The molecule has 1 aliphatic rings. The molecule has 1 saturated heterocycles. The molecule has 0 saturated carbocycles. The van der Waals surface area contributed by atoms with E-state index in [1.807, 2.05) is 13.8 Å². The van der Waals surface area contributed by atoms with E-state index in [-0.39, 0.29) is 22.6 Å². The van der Waals surface area contributed by atoms with E-state index in [1.165, 1.54) is 0 Å². The first-order valence-corrected chi connectivity index (χ1v) is 10.6. The number of sulfonamides is 1. The summed E-state index contributed by atoms with van der Waals surface area (Å²) in [5.41, 5.74) is 1.18. The van der Waals surface area contributed by atoms with Crippen molar-refractivity contribution in [2.24, 2.45) is 0 Å². The first-order valence-electron chi connectivity index (χ1n) is 9.15. The van der Waals surface area contributed by atoms with Gasteiger partial charge in [0.1, 0.15) is 5.58 Å². The van der Waals surface area contributed by atoms with Crippen LogP contribution >= 0.6 is 0 Å². The molecular weight excluding hydrogens is 352 g/mol. The zero-order valence-electron chi connectivity index (χ0n) is 15.5. The highest BCUT2D eigenvalue weighted by Crippen LogP contribution is 2.29. The lowest BCUT2D eigenvalue weighted by Gasteiger charge is -2.19. The Morgan fingerprint density at radius 3 is 2.42 bits per heavy atom. The van der Waals surface area contributed by atoms with Crippen molar-refractivity contribution in [3.05, 3.63) is 29.5 Å². The van der Waals surface area contributed by atoms with E-state index in [4.69, 9.17) is 4.42 Å². The minimum Gasteiger partial charge on any atom is -0.451 e. The molecule has 2 aromatic rings. The van der Waals surface area contributed by atoms with Gasteiger partial charge in [-0.2, -0.15) is 4.31 Å². The minimum absolute atomic E-state index is 0.00547. The monoisotopic (exact) mass is 378 g/mol. The Bertz CT molecular complexity index is 907. The summed E-state index contributed by atoms with van der Waals surface area (Å²) < 4.78 is 33.2. The molecule has 1 aromatic heterocycles. The fraction of sp³-hybridized carbons (Fsp3) is 0.526. The van der Waals surface area contributed by atoms with Crippen LogP contribution in [-0.4, -0.2) is 37.8 Å². The van der Waals surface area contributed by atoms with Crippen LogP contribution in [-0.2, 0) is 10.0 Å². The van der Waals surface area contributed by atoms with Crippen LogP contribution in [0.25, 0.3) is 11.0 Å². The lowest BCUT2D eigenvalue weighted by molar-refractivity contribution is 0.0916. The second-order valence-corrected chi connectivity index (χ2v) is 9.10. The Kier molecular flexibility index (Phi) is 5.39. The number of hydrogen-bond donors (Lipinski definition) is 1. The van der Waals surface area contributed by atoms with E-state index < -0.39 is 10.0 Å². The zero-order chi connectivity index (χ0) is 18.9. The first-order chi connectivity index (χ1) is 12.3. The number of benzene rings is 1. The number of fused-ring (bicyclic) bond motifs is 1. The SMILES string of the molecule is Cc1c(C(=O)NC(C)C)oc2ccc(S(=O)(=O)N3CCCCCC3)cc12. The van der Waals surface area contributed by atoms with E-state index >= 15 is 0 Å². The normalized spacial score (nSPS) is 16.8. The Morgan fingerprint density at radius 2 is 1.81 bits per heavy atom. The molecule has 0 radical (unpaired) electrons. The Morgan fingerprint density at radius 1 is 1.15 bits per heavy atom. The molecular formula is C19H26N2O4S. The molecule has 3 rings (SSSR count). The largest absolute Gasteiger partial charge is 0.451 e. The number of carbonyl (C=O) groups is 1. The fourth-order valence-corrected chi connectivity index (χ4v) is 4.88. The summed E-state index contributed by atoms with van der Waals surface area (Å²) in [5.74, 6) is -0.0522. The van der Waals surface area contributed by atoms with E-state index in [0.717, 1.165) is 25.7 Å². The molecule has 142 valence electrons. The number of nitrogens with one attached hydrogen (secondary N) is 1. The highest BCUT2D eigenvalue weighted by Gasteiger charge is 2.26. The van der Waals surface area contributed by atoms with Crippen LogP contribution in [0.2, 0.25) is 0 Å². The summed E-state index contributed by atoms with van der Waals surface area (Å²) in [6, 6.07) is 4.82. The van der Waals surface area contributed by atoms with Crippen molar-refractivity contribution in [2.45, 2.75) is 57.4 Å². The van der Waals surface area contributed by atoms with Gasteiger partial charge in [-0.05, 0) is 51.8 Å². The molecule has 0 spiro atoms. The summed E-state index contributed by atoms with van der Waals surface area (Å²) in [7, 11) is -3.53. The Hall–Kier alpha value is -1.86. The fourth-order valence-electron chi connectivity index (χ4n) is 3.34. The molecule has 26 heavy (non-hydrogen) atoms. The number of nitrogens with zero attached hydrogens (tertiary/aromatic N) is 1. The van der Waals surface area contributed by atoms with Crippen molar-refractivity contribution >= 4 is 26.9 Å². The molecule has 1 N–H and O–H groups in total. The van der Waals surface area contributed by atoms with Gasteiger partial charge in [-0.3, -0.25) is 4.79 Å². The predicted molar refractivity (Wildman–Crippen MR) is 101 cm³/mol. The minimum atomic E-state index is -3.53. The summed E-state index contributed by atoms with van der Waals surface area (Å²) >= 11 is 0. The van der Waals surface area contributed by atoms with Crippen LogP contribution in [0.15, 0.2) is 27.5 Å². The van der Waals surface area contributed by atoms with Crippen LogP contribution < -0.4 is 5.32 Å². The topological polar surface area (TPSA) is 79.6 Å². The van der Waals surface area contributed by atoms with Crippen LogP contribution in [0.4, 0.5) is 0 Å². The molecule has 6 nitrogen and oxygen atoms in total. The smallest absolute Gasteiger partial charge is 0.287 e. The predicted octanol–water partition coefficient (Wildman–Crippen LogP) is 3.44. The van der Waals surface area contributed by atoms with E-state index in [9.17, 15) is 13.2 Å². The highest BCUT2D eigenvalue weighted by atomic mass is 32.2. The van der Waals surface area contributed by atoms with Crippen molar-refractivity contribution in [3.63, 3.8) is 0 Å². The number of rotatable bonds is 4. The van der Waals surface area contributed by atoms with Crippen molar-refractivity contribution in [1.29, 1.82) is 0 Å². The molecule has 0 unspecified atom stereocenters. The van der Waals surface area contributed by atoms with Crippen LogP contribution in [0, 0.1) is 6.92 Å². The molecule has 1 fully saturated rings. The van der Waals surface area contributed by atoms with Gasteiger partial charge in [-0.1, -0.05) is 12.8 Å². The van der Waals surface area contributed by atoms with E-state index in [1.54, 1.807) is 29.4 Å². The summed E-state index contributed by atoms with van der Waals surface area (Å²) in [6.45, 7) is 6.66. The van der Waals surface area contributed by atoms with Gasteiger partial charge in [-0.15, -0.1) is 0 Å². The average Bonchev–Trinajstić information content (AvgIpc) is 2.77. The molecule has 7 heteroatoms. The molecule has 0 bridgehead atoms. The van der Waals surface area contributed by atoms with Gasteiger partial charge in [0.05, 0.1) is 4.90 Å². The summed E-state index contributed by atoms with van der Waals surface area (Å²) in [6.07, 6.45) is 3.93. The maximum absolute atomic E-state index is 13.0. The van der Waals surface area contributed by atoms with Crippen molar-refractivity contribution in [2.75, 3.05) is 13.1 Å². The quantitative estimate of drug-likeness (QED) is 0.884. The van der Waals surface area contributed by atoms with Gasteiger partial charge >= 0.3 is 0 Å². The number of aryl methyl sites for hydroxylation is 1. The maximum atomic E-state index is 13.0. The summed E-state index contributed by atoms with van der Waals surface area (Å²) in [5, 5.41) is 3.47. The lowest BCUT2D eigenvalue weighted by atomic mass is 10.1. The number of hydrogen-bond acceptors (Lipinski definition) is 4. The first kappa shape index (κ1) is 18.9. The zero-order valence-corrected chi connectivity index (χ0v) is 16.4. The number of furan rings is 1. The number of amides is 1. The number of carbonyl (C=O) groups excluding carboxylic acids is 1. The van der Waals surface area contributed by atoms with Gasteiger partial charge in [-0.25, -0.2) is 8.42 Å². The highest BCUT2D eigenvalue weighted by molar-refractivity contribution is 7.89. The van der Waals surface area contributed by atoms with Crippen LogP contribution in [0.1, 0.15) is 55.6 Å². The molecule has 0 atom stereocenters. The van der Waals surface area contributed by atoms with Crippen LogP contribution in [0.5, 0.6) is 0 Å². The second kappa shape index (κ2) is 7.40. The van der Waals surface area contributed by atoms with Crippen molar-refractivity contribution in [3.8, 4) is 0 Å². The molecule has 1 aliphatic heterocycles. The summed E-state index contributed by atoms with van der Waals surface area (Å²) in [4.78, 5) is 12.5. The average molecular weight is 378 g/mol. The molecule has 0 aliphatic carbocycles. The Labute approximate surface area is 154 Å². The van der Waals surface area contributed by atoms with Gasteiger partial charge in [0.15, 0.2) is 5.76 Å². The van der Waals surface area contributed by atoms with Gasteiger partial charge < -0.3 is 9.73 Å². The van der Waals surface area contributed by atoms with E-state index in [2.05, 4.69) is 5.32 Å². The lowest BCUT2D eigenvalue weighted by Crippen LogP contribution is -2.31. The second-order valence-electron chi connectivity index (χ2n) is 7.16. The van der Waals surface area contributed by atoms with Gasteiger partial charge in [0.25, 0.3) is 5.91 Å². The standard InChI is InChI=1S/C19H26N2O4S/c1-13(2)20-19(22)18-14(3)16-12-15(8-9-17(16)25-18)26(23,24)21-10-6-4-5-7-11-21/h8-9,12-13H,4-7,10-11H2,1-3H3,(H,20,22). The van der Waals surface area contributed by atoms with Gasteiger partial charge in [0, 0.05) is 30.1 Å². The van der Waals surface area contributed by atoms with Crippen LogP contribution in [0.3, 0.4) is 0 Å². The third-order valence-corrected chi connectivity index (χ3v) is 6.63. The van der Waals surface area contributed by atoms with Gasteiger partial charge in [0.2, 0.25) is 10.0 Å². The third-order valence-electron chi connectivity index (χ3n) is 4.74. The molecule has 1 amide bonds. The van der Waals surface area contributed by atoms with Crippen molar-refractivity contribution in [1.82, 2.24) is 9.62 Å². The third kappa shape index (κ3) is 3.64.